The number of hydrogen-bond acceptors (Lipinski definition) is 13. The van der Waals surface area contributed by atoms with Crippen LogP contribution in [0.25, 0.3) is 43.2 Å². The van der Waals surface area contributed by atoms with Crippen LogP contribution in [0, 0.1) is 12.7 Å². The van der Waals surface area contributed by atoms with Gasteiger partial charge in [-0.15, -0.1) is 11.3 Å². The molecule has 3 aromatic heterocycles. The summed E-state index contributed by atoms with van der Waals surface area (Å²) in [7, 11) is 3.78. The van der Waals surface area contributed by atoms with Crippen molar-refractivity contribution in [3.8, 4) is 50.3 Å². The largest absolute Gasteiger partial charge is 0.490 e. The number of likely N-dealkylation sites (N-methyl/N-ethyl adjacent to an activating group) is 1. The predicted octanol–water partition coefficient (Wildman–Crippen LogP) is 8.83. The number of para-hydroxylation sites is 1. The molecule has 1 atom stereocenters. The minimum absolute atomic E-state index is 0.0462. The fourth-order valence-corrected chi connectivity index (χ4v) is 9.95. The Bertz CT molecular complexity index is 2880. The second-order valence-electron chi connectivity index (χ2n) is 16.8. The van der Waals surface area contributed by atoms with E-state index in [4.69, 9.17) is 35.5 Å². The van der Waals surface area contributed by atoms with E-state index in [1.54, 1.807) is 31.5 Å². The molecule has 0 spiro atoms. The molecule has 7 aromatic rings. The Kier molecular flexibility index (Phi) is 14.3. The lowest BCUT2D eigenvalue weighted by molar-refractivity contribution is -0.145. The molecule has 10 rings (SSSR count). The molecule has 16 heteroatoms. The minimum Gasteiger partial charge on any atom is -0.490 e. The van der Waals surface area contributed by atoms with Crippen LogP contribution in [-0.4, -0.2) is 118 Å². The Labute approximate surface area is 397 Å². The van der Waals surface area contributed by atoms with Crippen molar-refractivity contribution in [3.63, 3.8) is 0 Å². The molecule has 346 valence electrons. The first-order valence-electron chi connectivity index (χ1n) is 22.2. The highest BCUT2D eigenvalue weighted by Crippen LogP contribution is 2.49. The first-order chi connectivity index (χ1) is 32.6. The monoisotopic (exact) mass is 943 g/mol. The summed E-state index contributed by atoms with van der Waals surface area (Å²) in [5.41, 5.74) is 7.10. The maximum atomic E-state index is 14.3. The third-order valence-corrected chi connectivity index (χ3v) is 13.9. The zero-order valence-electron chi connectivity index (χ0n) is 37.6. The van der Waals surface area contributed by atoms with Crippen molar-refractivity contribution in [1.29, 1.82) is 0 Å². The maximum Gasteiger partial charge on any atom is 0.345 e. The van der Waals surface area contributed by atoms with Crippen LogP contribution in [0.4, 0.5) is 4.39 Å². The van der Waals surface area contributed by atoms with Crippen LogP contribution in [0.1, 0.15) is 27.9 Å². The summed E-state index contributed by atoms with van der Waals surface area (Å²) in [4.78, 5) is 40.6. The molecule has 6 heterocycles. The number of nitrogens with zero attached hydrogens (tertiary/aromatic N) is 7. The normalized spacial score (nSPS) is 16.0. The van der Waals surface area contributed by atoms with Gasteiger partial charge in [0.25, 0.3) is 0 Å². The molecule has 1 saturated heterocycles. The van der Waals surface area contributed by atoms with Crippen molar-refractivity contribution >= 4 is 39.1 Å². The average molecular weight is 945 g/mol. The molecule has 3 aliphatic heterocycles. The number of ether oxygens (including phenoxy) is 4. The van der Waals surface area contributed by atoms with Gasteiger partial charge in [-0.05, 0) is 83.8 Å². The highest BCUT2D eigenvalue weighted by atomic mass is 35.5. The fraction of sp³-hybridized carbons (Fsp3) is 0.314. The smallest absolute Gasteiger partial charge is 0.345 e. The Morgan fingerprint density at radius 3 is 2.49 bits per heavy atom. The van der Waals surface area contributed by atoms with Crippen LogP contribution in [0.2, 0.25) is 5.02 Å². The Morgan fingerprint density at radius 1 is 0.881 bits per heavy atom. The lowest BCUT2D eigenvalue weighted by Gasteiger charge is -2.34. The summed E-state index contributed by atoms with van der Waals surface area (Å²) in [5.74, 6) is 0.173. The van der Waals surface area contributed by atoms with Crippen LogP contribution >= 0.6 is 22.9 Å². The molecular weight excluding hydrogens is 893 g/mol. The third kappa shape index (κ3) is 10.6. The van der Waals surface area contributed by atoms with E-state index in [0.717, 1.165) is 83.1 Å². The van der Waals surface area contributed by atoms with Crippen molar-refractivity contribution < 1.29 is 33.2 Å². The van der Waals surface area contributed by atoms with E-state index in [1.165, 1.54) is 29.8 Å². The van der Waals surface area contributed by atoms with Gasteiger partial charge in [-0.1, -0.05) is 60.1 Å². The molecule has 4 aromatic carbocycles. The van der Waals surface area contributed by atoms with E-state index in [1.807, 2.05) is 49.4 Å². The maximum absolute atomic E-state index is 14.3. The van der Waals surface area contributed by atoms with Gasteiger partial charge < -0.3 is 29.0 Å². The van der Waals surface area contributed by atoms with Gasteiger partial charge in [-0.25, -0.2) is 29.1 Å². The van der Waals surface area contributed by atoms with Crippen molar-refractivity contribution in [2.45, 2.75) is 39.1 Å². The predicted molar refractivity (Wildman–Crippen MR) is 257 cm³/mol. The number of fused-ring (bicyclic) bond motifs is 6. The number of thiophene rings is 1. The molecule has 1 N–H and O–H groups in total. The quantitative estimate of drug-likeness (QED) is 0.111. The van der Waals surface area contributed by atoms with Gasteiger partial charge in [0.1, 0.15) is 41.7 Å². The number of halogens is 2. The van der Waals surface area contributed by atoms with Crippen molar-refractivity contribution in [2.24, 2.45) is 0 Å². The minimum atomic E-state index is -1.38. The molecule has 3 aliphatic rings. The first-order valence-corrected chi connectivity index (χ1v) is 23.4. The third-order valence-electron chi connectivity index (χ3n) is 12.2. The molecular formula is C51H51ClFN7O6S. The SMILES string of the molecule is COCCOc1ccccc1-c1nccc(COc2ccc3cc2C[C@H](C(=O)O)Oc2ncnc4sc(-c5ccc(F)cc5)c(c24)-c2ccc(c(Cl)c2C)CN(CCN2CCN(C)CC2)C3)n1. The van der Waals surface area contributed by atoms with Crippen LogP contribution < -0.4 is 14.2 Å². The second-order valence-corrected chi connectivity index (χ2v) is 18.2. The summed E-state index contributed by atoms with van der Waals surface area (Å²) in [6.07, 6.45) is 1.63. The molecule has 0 amide bonds. The van der Waals surface area contributed by atoms with Gasteiger partial charge in [0.2, 0.25) is 12.0 Å². The topological polar surface area (TPSA) is 136 Å². The molecule has 4 bridgehead atoms. The molecule has 0 aliphatic carbocycles. The van der Waals surface area contributed by atoms with Crippen molar-refractivity contribution in [3.05, 3.63) is 136 Å². The van der Waals surface area contributed by atoms with Gasteiger partial charge in [-0.3, -0.25) is 9.80 Å². The van der Waals surface area contributed by atoms with E-state index in [-0.39, 0.29) is 24.7 Å². The highest BCUT2D eigenvalue weighted by molar-refractivity contribution is 7.22. The number of aromatic nitrogens is 4. The number of benzene rings is 4. The van der Waals surface area contributed by atoms with E-state index in [9.17, 15) is 14.3 Å². The Hall–Kier alpha value is -6.07. The standard InChI is InChI=1S/C51H51ClFN7O6S/c1-32-39-14-11-35(46(32)52)29-60(23-22-59-20-18-58(2)19-21-59)28-33-8-15-41(65-30-38-16-17-54-48(57-38)40-6-4-5-7-42(40)64-25-24-63-3)36(26-33)27-43(51(61)62)66-49-45-44(39)47(67-50(45)56-31-55-49)34-9-12-37(53)13-10-34/h4-17,26,31,43H,18-25,27-30H2,1-3H3,(H,61,62)/t43-/m1/s1. The average Bonchev–Trinajstić information content (AvgIpc) is 3.72. The van der Waals surface area contributed by atoms with Gasteiger partial charge >= 0.3 is 5.97 Å². The van der Waals surface area contributed by atoms with Gasteiger partial charge in [0.05, 0.1) is 23.3 Å². The van der Waals surface area contributed by atoms with Crippen LogP contribution in [-0.2, 0) is 35.6 Å². The van der Waals surface area contributed by atoms with E-state index >= 15 is 0 Å². The van der Waals surface area contributed by atoms with E-state index in [2.05, 4.69) is 48.8 Å². The number of piperazine rings is 1. The summed E-state index contributed by atoms with van der Waals surface area (Å²) in [5, 5.41) is 12.1. The molecule has 13 nitrogen and oxygen atoms in total. The van der Waals surface area contributed by atoms with Crippen LogP contribution in [0.15, 0.2) is 97.5 Å². The van der Waals surface area contributed by atoms with E-state index in [0.29, 0.717) is 70.1 Å². The summed E-state index contributed by atoms with van der Waals surface area (Å²) in [6, 6.07) is 25.7. The zero-order valence-corrected chi connectivity index (χ0v) is 39.2. The number of methoxy groups -OCH3 is 1. The van der Waals surface area contributed by atoms with Crippen LogP contribution in [0.3, 0.4) is 0 Å². The summed E-state index contributed by atoms with van der Waals surface area (Å²) in [6.45, 7) is 9.68. The summed E-state index contributed by atoms with van der Waals surface area (Å²) >= 11 is 8.79. The number of hydrogen-bond donors (Lipinski definition) is 1. The fourth-order valence-electron chi connectivity index (χ4n) is 8.57. The number of carboxylic acids is 1. The number of carboxylic acid groups (broad SMARTS) is 1. The van der Waals surface area contributed by atoms with Gasteiger partial charge in [0.15, 0.2) is 5.82 Å². The highest BCUT2D eigenvalue weighted by Gasteiger charge is 2.29. The first kappa shape index (κ1) is 46.1. The lowest BCUT2D eigenvalue weighted by atomic mass is 9.94. The Morgan fingerprint density at radius 2 is 1.69 bits per heavy atom. The Balaban J connectivity index is 1.11. The molecule has 67 heavy (non-hydrogen) atoms. The molecule has 0 saturated carbocycles. The van der Waals surface area contributed by atoms with Crippen molar-refractivity contribution in [2.75, 3.05) is 66.6 Å². The van der Waals surface area contributed by atoms with Gasteiger partial charge in [0, 0.05) is 87.5 Å². The molecule has 1 fully saturated rings. The molecule has 0 radical (unpaired) electrons. The van der Waals surface area contributed by atoms with Crippen molar-refractivity contribution in [1.82, 2.24) is 34.6 Å². The summed E-state index contributed by atoms with van der Waals surface area (Å²) < 4.78 is 38.5. The second kappa shape index (κ2) is 20.8. The molecule has 0 unspecified atom stereocenters. The number of rotatable bonds is 13. The zero-order chi connectivity index (χ0) is 46.4. The number of carbonyl (C=O) groups is 1. The van der Waals surface area contributed by atoms with Gasteiger partial charge in [-0.2, -0.15) is 0 Å². The number of aliphatic carboxylic acids is 1. The lowest BCUT2D eigenvalue weighted by Crippen LogP contribution is -2.46. The van der Waals surface area contributed by atoms with Crippen LogP contribution in [0.5, 0.6) is 17.4 Å². The van der Waals surface area contributed by atoms with E-state index < -0.39 is 12.1 Å².